The minimum Gasteiger partial charge on any atom is -0.394 e. The fourth-order valence-electron chi connectivity index (χ4n) is 7.57. The maximum Gasteiger partial charge on any atom is 0.220 e. The van der Waals surface area contributed by atoms with Crippen molar-refractivity contribution in [1.82, 2.24) is 5.32 Å². The third kappa shape index (κ3) is 28.1. The molecule has 1 rings (SSSR count). The van der Waals surface area contributed by atoms with E-state index >= 15 is 0 Å². The van der Waals surface area contributed by atoms with Crippen molar-refractivity contribution < 1.29 is 39.8 Å². The van der Waals surface area contributed by atoms with E-state index in [0.717, 1.165) is 38.5 Å². The number of unbranched alkanes of at least 4 members (excludes halogenated alkanes) is 27. The topological polar surface area (TPSA) is 149 Å². The number of nitrogens with one attached hydrogen (secondary N) is 1. The van der Waals surface area contributed by atoms with Crippen LogP contribution in [0.25, 0.3) is 0 Å². The van der Waals surface area contributed by atoms with Gasteiger partial charge in [0, 0.05) is 6.42 Å². The number of rotatable bonds is 39. The minimum atomic E-state index is -1.55. The van der Waals surface area contributed by atoms with Crippen molar-refractivity contribution in [3.8, 4) is 0 Å². The smallest absolute Gasteiger partial charge is 0.220 e. The van der Waals surface area contributed by atoms with Crippen molar-refractivity contribution in [2.45, 2.75) is 262 Å². The van der Waals surface area contributed by atoms with Crippen molar-refractivity contribution in [3.05, 3.63) is 12.2 Å². The standard InChI is InChI=1S/C46H89NO8/c1-3-5-7-9-11-13-15-17-18-19-20-21-22-23-24-26-28-30-32-34-36-42(50)47-39(38-54-46-45(53)44(52)43(51)41(37-48)55-46)40(49)35-33-31-29-27-25-16-14-12-10-8-6-4-2/h20-21,39-41,43-46,48-49,51-53H,3-19,22-38H2,1-2H3,(H,47,50)/b21-20-. The third-order valence-corrected chi connectivity index (χ3v) is 11.4. The van der Waals surface area contributed by atoms with Gasteiger partial charge in [0.05, 0.1) is 25.4 Å². The summed E-state index contributed by atoms with van der Waals surface area (Å²) in [6.07, 6.45) is 35.0. The summed E-state index contributed by atoms with van der Waals surface area (Å²) in [6.45, 7) is 3.83. The van der Waals surface area contributed by atoms with E-state index in [1.54, 1.807) is 0 Å². The first-order chi connectivity index (χ1) is 26.8. The number of aliphatic hydroxyl groups is 5. The minimum absolute atomic E-state index is 0.137. The Labute approximate surface area is 337 Å². The quantitative estimate of drug-likeness (QED) is 0.0267. The molecule has 7 atom stereocenters. The summed E-state index contributed by atoms with van der Waals surface area (Å²) in [5.74, 6) is -0.148. The van der Waals surface area contributed by atoms with Crippen LogP contribution >= 0.6 is 0 Å². The largest absolute Gasteiger partial charge is 0.394 e. The lowest BCUT2D eigenvalue weighted by atomic mass is 9.99. The molecule has 0 saturated carbocycles. The van der Waals surface area contributed by atoms with E-state index in [1.165, 1.54) is 154 Å². The fourth-order valence-corrected chi connectivity index (χ4v) is 7.57. The molecular weight excluding hydrogens is 695 g/mol. The van der Waals surface area contributed by atoms with E-state index in [-0.39, 0.29) is 12.5 Å². The first-order valence-corrected chi connectivity index (χ1v) is 23.4. The van der Waals surface area contributed by atoms with Gasteiger partial charge >= 0.3 is 0 Å². The van der Waals surface area contributed by atoms with E-state index in [1.807, 2.05) is 0 Å². The second-order valence-electron chi connectivity index (χ2n) is 16.6. The Bertz CT molecular complexity index is 873. The predicted octanol–water partition coefficient (Wildman–Crippen LogP) is 9.73. The van der Waals surface area contributed by atoms with Crippen LogP contribution in [0.4, 0.5) is 0 Å². The van der Waals surface area contributed by atoms with Crippen LogP contribution in [0.15, 0.2) is 12.2 Å². The Morgan fingerprint density at radius 2 is 1.02 bits per heavy atom. The highest BCUT2D eigenvalue weighted by Crippen LogP contribution is 2.23. The third-order valence-electron chi connectivity index (χ3n) is 11.4. The molecule has 0 aromatic rings. The second kappa shape index (κ2) is 37.2. The molecular formula is C46H89NO8. The van der Waals surface area contributed by atoms with Gasteiger partial charge in [0.15, 0.2) is 6.29 Å². The molecule has 7 unspecified atom stereocenters. The average molecular weight is 784 g/mol. The van der Waals surface area contributed by atoms with E-state index in [0.29, 0.717) is 12.8 Å². The van der Waals surface area contributed by atoms with Gasteiger partial charge in [0.25, 0.3) is 0 Å². The monoisotopic (exact) mass is 784 g/mol. The summed E-state index contributed by atoms with van der Waals surface area (Å²) >= 11 is 0. The number of carbonyl (C=O) groups excluding carboxylic acids is 1. The molecule has 1 aliphatic rings. The second-order valence-corrected chi connectivity index (χ2v) is 16.6. The Hall–Kier alpha value is -1.07. The zero-order valence-electron chi connectivity index (χ0n) is 35.7. The van der Waals surface area contributed by atoms with Gasteiger partial charge in [-0.15, -0.1) is 0 Å². The molecule has 1 amide bonds. The molecule has 9 nitrogen and oxygen atoms in total. The van der Waals surface area contributed by atoms with Gasteiger partial charge in [-0.1, -0.05) is 187 Å². The summed E-state index contributed by atoms with van der Waals surface area (Å²) in [7, 11) is 0. The van der Waals surface area contributed by atoms with Gasteiger partial charge in [-0.3, -0.25) is 4.79 Å². The van der Waals surface area contributed by atoms with Gasteiger partial charge in [0.2, 0.25) is 5.91 Å². The van der Waals surface area contributed by atoms with Crippen LogP contribution in [0.1, 0.15) is 219 Å². The van der Waals surface area contributed by atoms with E-state index in [2.05, 4.69) is 31.3 Å². The van der Waals surface area contributed by atoms with Crippen LogP contribution in [-0.4, -0.2) is 87.5 Å². The molecule has 0 bridgehead atoms. The van der Waals surface area contributed by atoms with Crippen molar-refractivity contribution in [2.75, 3.05) is 13.2 Å². The Morgan fingerprint density at radius 3 is 1.47 bits per heavy atom. The number of carbonyl (C=O) groups is 1. The van der Waals surface area contributed by atoms with E-state index < -0.39 is 49.5 Å². The Morgan fingerprint density at radius 1 is 0.600 bits per heavy atom. The van der Waals surface area contributed by atoms with Crippen LogP contribution in [0.5, 0.6) is 0 Å². The molecule has 1 aliphatic heterocycles. The van der Waals surface area contributed by atoms with Crippen LogP contribution in [0.2, 0.25) is 0 Å². The molecule has 326 valence electrons. The van der Waals surface area contributed by atoms with Gasteiger partial charge in [-0.25, -0.2) is 0 Å². The summed E-state index contributed by atoms with van der Waals surface area (Å²) in [5, 5.41) is 54.3. The van der Waals surface area contributed by atoms with Crippen LogP contribution in [-0.2, 0) is 14.3 Å². The van der Waals surface area contributed by atoms with Gasteiger partial charge in [0.1, 0.15) is 24.4 Å². The molecule has 0 radical (unpaired) electrons. The maximum atomic E-state index is 13.0. The average Bonchev–Trinajstić information content (AvgIpc) is 3.18. The molecule has 0 spiro atoms. The first-order valence-electron chi connectivity index (χ1n) is 23.4. The van der Waals surface area contributed by atoms with Crippen LogP contribution in [0.3, 0.4) is 0 Å². The highest BCUT2D eigenvalue weighted by molar-refractivity contribution is 5.76. The van der Waals surface area contributed by atoms with Crippen molar-refractivity contribution in [3.63, 3.8) is 0 Å². The van der Waals surface area contributed by atoms with Crippen LogP contribution < -0.4 is 5.32 Å². The number of hydrogen-bond acceptors (Lipinski definition) is 8. The van der Waals surface area contributed by atoms with E-state index in [9.17, 15) is 30.3 Å². The fraction of sp³-hybridized carbons (Fsp3) is 0.935. The van der Waals surface area contributed by atoms with Crippen molar-refractivity contribution >= 4 is 5.91 Å². The number of hydrogen-bond donors (Lipinski definition) is 6. The maximum absolute atomic E-state index is 13.0. The highest BCUT2D eigenvalue weighted by atomic mass is 16.7. The molecule has 0 aromatic heterocycles. The number of ether oxygens (including phenoxy) is 2. The Balaban J connectivity index is 2.29. The summed E-state index contributed by atoms with van der Waals surface area (Å²) in [5.41, 5.74) is 0. The summed E-state index contributed by atoms with van der Waals surface area (Å²) in [4.78, 5) is 13.0. The molecule has 1 saturated heterocycles. The lowest BCUT2D eigenvalue weighted by Crippen LogP contribution is -2.60. The molecule has 6 N–H and O–H groups in total. The molecule has 55 heavy (non-hydrogen) atoms. The van der Waals surface area contributed by atoms with Crippen molar-refractivity contribution in [2.24, 2.45) is 0 Å². The van der Waals surface area contributed by atoms with Crippen molar-refractivity contribution in [1.29, 1.82) is 0 Å². The molecule has 0 aliphatic carbocycles. The normalized spacial score (nSPS) is 21.3. The van der Waals surface area contributed by atoms with Gasteiger partial charge < -0.3 is 40.3 Å². The van der Waals surface area contributed by atoms with Crippen LogP contribution in [0, 0.1) is 0 Å². The lowest BCUT2D eigenvalue weighted by molar-refractivity contribution is -0.302. The highest BCUT2D eigenvalue weighted by Gasteiger charge is 2.44. The Kier molecular flexibility index (Phi) is 35.2. The lowest BCUT2D eigenvalue weighted by Gasteiger charge is -2.40. The molecule has 1 fully saturated rings. The molecule has 0 aromatic carbocycles. The zero-order valence-corrected chi connectivity index (χ0v) is 35.7. The summed E-state index contributed by atoms with van der Waals surface area (Å²) < 4.78 is 11.2. The number of allylic oxidation sites excluding steroid dienone is 2. The predicted molar refractivity (Wildman–Crippen MR) is 226 cm³/mol. The van der Waals surface area contributed by atoms with E-state index in [4.69, 9.17) is 9.47 Å². The molecule has 1 heterocycles. The number of aliphatic hydroxyl groups excluding tert-OH is 5. The number of amides is 1. The molecule has 9 heteroatoms. The SMILES string of the molecule is CCCCCCCCCCC/C=C\CCCCCCCCCC(=O)NC(COC1OC(CO)C(O)C(O)C1O)C(O)CCCCCCCCCCCCCC. The summed E-state index contributed by atoms with van der Waals surface area (Å²) in [6, 6.07) is -0.716. The zero-order chi connectivity index (χ0) is 40.2. The van der Waals surface area contributed by atoms with Gasteiger partial charge in [-0.05, 0) is 38.5 Å². The van der Waals surface area contributed by atoms with Gasteiger partial charge in [-0.2, -0.15) is 0 Å². The first kappa shape index (κ1) is 51.9.